The van der Waals surface area contributed by atoms with E-state index in [9.17, 15) is 5.11 Å². The van der Waals surface area contributed by atoms with E-state index in [1.807, 2.05) is 30.0 Å². The molecule has 3 rings (SSSR count). The monoisotopic (exact) mass is 461 g/mol. The van der Waals surface area contributed by atoms with Crippen molar-refractivity contribution < 1.29 is 5.11 Å². The van der Waals surface area contributed by atoms with Crippen molar-refractivity contribution in [3.63, 3.8) is 0 Å². The number of hydrogen-bond acceptors (Lipinski definition) is 3. The summed E-state index contributed by atoms with van der Waals surface area (Å²) < 4.78 is 0. The number of fused-ring (bicyclic) bond motifs is 1. The average Bonchev–Trinajstić information content (AvgIpc) is 3.20. The third-order valence-electron chi connectivity index (χ3n) is 4.69. The predicted octanol–water partition coefficient (Wildman–Crippen LogP) is 2.89. The number of halogens is 1. The van der Waals surface area contributed by atoms with E-state index < -0.39 is 5.60 Å². The van der Waals surface area contributed by atoms with Crippen LogP contribution in [0.2, 0.25) is 0 Å². The zero-order chi connectivity index (χ0) is 16.1. The Balaban J connectivity index is 0.00000208. The van der Waals surface area contributed by atoms with Crippen LogP contribution in [-0.2, 0) is 12.0 Å². The van der Waals surface area contributed by atoms with Crippen molar-refractivity contribution in [2.45, 2.75) is 43.5 Å². The minimum atomic E-state index is -0.818. The highest BCUT2D eigenvalue weighted by Crippen LogP contribution is 2.36. The quantitative estimate of drug-likeness (QED) is 0.359. The molecule has 4 nitrogen and oxygen atoms in total. The van der Waals surface area contributed by atoms with E-state index in [1.165, 1.54) is 24.2 Å². The summed E-state index contributed by atoms with van der Waals surface area (Å²) in [6.45, 7) is 4.27. The summed E-state index contributed by atoms with van der Waals surface area (Å²) in [6.07, 6.45) is 4.30. The number of aliphatic hydroxyl groups is 1. The minimum absolute atomic E-state index is 0. The third kappa shape index (κ3) is 4.79. The largest absolute Gasteiger partial charge is 0.383 e. The van der Waals surface area contributed by atoms with Crippen molar-refractivity contribution in [2.24, 2.45) is 4.99 Å². The van der Waals surface area contributed by atoms with Gasteiger partial charge in [-0.3, -0.25) is 0 Å². The van der Waals surface area contributed by atoms with Crippen molar-refractivity contribution in [1.82, 2.24) is 10.6 Å². The van der Waals surface area contributed by atoms with Gasteiger partial charge in [0.05, 0.1) is 6.54 Å². The van der Waals surface area contributed by atoms with Gasteiger partial charge >= 0.3 is 0 Å². The Kier molecular flexibility index (Phi) is 7.68. The summed E-state index contributed by atoms with van der Waals surface area (Å²) in [7, 11) is 0. The number of rotatable bonds is 5. The van der Waals surface area contributed by atoms with Crippen LogP contribution in [0.15, 0.2) is 29.3 Å². The van der Waals surface area contributed by atoms with Gasteiger partial charge in [0.15, 0.2) is 5.96 Å². The van der Waals surface area contributed by atoms with Crippen molar-refractivity contribution in [2.75, 3.05) is 25.4 Å². The van der Waals surface area contributed by atoms with Crippen LogP contribution in [0.1, 0.15) is 37.3 Å². The number of nitrogens with zero attached hydrogens (tertiary/aromatic N) is 1. The van der Waals surface area contributed by atoms with Crippen LogP contribution in [0.3, 0.4) is 0 Å². The predicted molar refractivity (Wildman–Crippen MR) is 114 cm³/mol. The molecule has 134 valence electrons. The summed E-state index contributed by atoms with van der Waals surface area (Å²) in [5.41, 5.74) is 1.48. The van der Waals surface area contributed by atoms with E-state index in [0.717, 1.165) is 37.5 Å². The fourth-order valence-corrected chi connectivity index (χ4v) is 4.60. The molecule has 2 atom stereocenters. The summed E-state index contributed by atoms with van der Waals surface area (Å²) >= 11 is 2.04. The lowest BCUT2D eigenvalue weighted by Gasteiger charge is -2.23. The standard InChI is InChI=1S/C18H27N3OS.HI/c1-2-19-17(20-12-15-7-5-11-23-15)21-13-18(22)10-9-14-6-3-4-8-16(14)18;/h3-4,6,8,15,22H,2,5,7,9-13H2,1H3,(H2,19,20,21);1H. The highest BCUT2D eigenvalue weighted by atomic mass is 127. The molecule has 24 heavy (non-hydrogen) atoms. The Labute approximate surface area is 166 Å². The van der Waals surface area contributed by atoms with Gasteiger partial charge in [-0.05, 0) is 49.5 Å². The smallest absolute Gasteiger partial charge is 0.191 e. The molecule has 1 aromatic rings. The Morgan fingerprint density at radius 2 is 2.21 bits per heavy atom. The first-order chi connectivity index (χ1) is 11.2. The zero-order valence-corrected chi connectivity index (χ0v) is 17.4. The minimum Gasteiger partial charge on any atom is -0.383 e. The first kappa shape index (κ1) is 19.8. The van der Waals surface area contributed by atoms with E-state index in [1.54, 1.807) is 0 Å². The molecule has 2 aliphatic rings. The lowest BCUT2D eigenvalue weighted by atomic mass is 9.96. The molecule has 0 spiro atoms. The Bertz CT molecular complexity index is 563. The van der Waals surface area contributed by atoms with Crippen molar-refractivity contribution in [1.29, 1.82) is 0 Å². The summed E-state index contributed by atoms with van der Waals surface area (Å²) in [4.78, 5) is 4.66. The van der Waals surface area contributed by atoms with Crippen LogP contribution < -0.4 is 10.6 Å². The van der Waals surface area contributed by atoms with Crippen LogP contribution in [0.4, 0.5) is 0 Å². The van der Waals surface area contributed by atoms with Gasteiger partial charge in [0.2, 0.25) is 0 Å². The number of hydrogen-bond donors (Lipinski definition) is 3. The van der Waals surface area contributed by atoms with Crippen LogP contribution in [0.5, 0.6) is 0 Å². The second-order valence-corrected chi connectivity index (χ2v) is 7.81. The van der Waals surface area contributed by atoms with Crippen molar-refractivity contribution in [3.8, 4) is 0 Å². The molecule has 0 amide bonds. The topological polar surface area (TPSA) is 56.7 Å². The maximum atomic E-state index is 11.0. The molecule has 0 saturated carbocycles. The molecule has 1 saturated heterocycles. The van der Waals surface area contributed by atoms with E-state index in [-0.39, 0.29) is 24.0 Å². The highest BCUT2D eigenvalue weighted by molar-refractivity contribution is 14.0. The van der Waals surface area contributed by atoms with Gasteiger partial charge in [0.25, 0.3) is 0 Å². The van der Waals surface area contributed by atoms with Crippen LogP contribution in [0, 0.1) is 0 Å². The lowest BCUT2D eigenvalue weighted by Crippen LogP contribution is -2.41. The summed E-state index contributed by atoms with van der Waals surface area (Å²) in [5, 5.41) is 18.4. The van der Waals surface area contributed by atoms with Gasteiger partial charge in [-0.1, -0.05) is 24.3 Å². The molecular weight excluding hydrogens is 433 g/mol. The molecule has 1 heterocycles. The van der Waals surface area contributed by atoms with Gasteiger partial charge in [0.1, 0.15) is 5.60 Å². The molecule has 0 radical (unpaired) electrons. The number of aryl methyl sites for hydroxylation is 1. The first-order valence-electron chi connectivity index (χ1n) is 8.66. The molecule has 3 N–H and O–H groups in total. The third-order valence-corrected chi connectivity index (χ3v) is 6.09. The Morgan fingerprint density at radius 1 is 1.38 bits per heavy atom. The lowest BCUT2D eigenvalue weighted by molar-refractivity contribution is 0.0485. The van der Waals surface area contributed by atoms with Crippen LogP contribution >= 0.6 is 35.7 Å². The van der Waals surface area contributed by atoms with E-state index in [2.05, 4.69) is 28.6 Å². The number of guanidine groups is 1. The SMILES string of the molecule is CCNC(=NCC1(O)CCc2ccccc21)NCC1CCCS1.I. The molecule has 1 aromatic carbocycles. The molecule has 0 bridgehead atoms. The normalized spacial score (nSPS) is 25.9. The number of benzene rings is 1. The van der Waals surface area contributed by atoms with E-state index in [4.69, 9.17) is 0 Å². The van der Waals surface area contributed by atoms with Gasteiger partial charge in [-0.2, -0.15) is 11.8 Å². The molecule has 1 aliphatic heterocycles. The molecule has 1 aliphatic carbocycles. The molecule has 6 heteroatoms. The molecule has 2 unspecified atom stereocenters. The van der Waals surface area contributed by atoms with Crippen molar-refractivity contribution >= 4 is 41.7 Å². The van der Waals surface area contributed by atoms with Crippen molar-refractivity contribution in [3.05, 3.63) is 35.4 Å². The van der Waals surface area contributed by atoms with Gasteiger partial charge in [0, 0.05) is 18.3 Å². The number of aliphatic imine (C=N–C) groups is 1. The fourth-order valence-electron chi connectivity index (χ4n) is 3.40. The van der Waals surface area contributed by atoms with Crippen LogP contribution in [0.25, 0.3) is 0 Å². The highest BCUT2D eigenvalue weighted by Gasteiger charge is 2.36. The number of nitrogens with one attached hydrogen (secondary N) is 2. The molecule has 0 aromatic heterocycles. The Morgan fingerprint density at radius 3 is 2.96 bits per heavy atom. The van der Waals surface area contributed by atoms with E-state index >= 15 is 0 Å². The summed E-state index contributed by atoms with van der Waals surface area (Å²) in [6, 6.07) is 8.18. The van der Waals surface area contributed by atoms with Gasteiger partial charge in [-0.15, -0.1) is 24.0 Å². The zero-order valence-electron chi connectivity index (χ0n) is 14.3. The second-order valence-electron chi connectivity index (χ2n) is 6.40. The van der Waals surface area contributed by atoms with Gasteiger partial charge in [-0.25, -0.2) is 4.99 Å². The second kappa shape index (κ2) is 9.29. The molecular formula is C18H28IN3OS. The van der Waals surface area contributed by atoms with Crippen LogP contribution in [-0.4, -0.2) is 41.7 Å². The average molecular weight is 461 g/mol. The summed E-state index contributed by atoms with van der Waals surface area (Å²) in [5.74, 6) is 2.09. The van der Waals surface area contributed by atoms with E-state index in [0.29, 0.717) is 11.8 Å². The van der Waals surface area contributed by atoms with Gasteiger partial charge < -0.3 is 15.7 Å². The maximum Gasteiger partial charge on any atom is 0.191 e. The first-order valence-corrected chi connectivity index (χ1v) is 9.71. The maximum absolute atomic E-state index is 11.0. The Hall–Kier alpha value is -0.470. The fraction of sp³-hybridized carbons (Fsp3) is 0.611. The molecule has 1 fully saturated rings. The number of thioether (sulfide) groups is 1.